The highest BCUT2D eigenvalue weighted by atomic mass is 16.6. The van der Waals surface area contributed by atoms with Gasteiger partial charge in [-0.2, -0.15) is 0 Å². The molecule has 4 N–H and O–H groups in total. The molecule has 1 fully saturated rings. The Bertz CT molecular complexity index is 712. The Labute approximate surface area is 119 Å². The zero-order valence-corrected chi connectivity index (χ0v) is 11.5. The number of hydrogen-bond donors (Lipinski definition) is 4. The SMILES string of the molecule is CC#CC1(O)C(O)[C@@H](CO)O[C@H]1n1c(C)cc(=O)[nH]c1=O. The van der Waals surface area contributed by atoms with Crippen molar-refractivity contribution in [1.29, 1.82) is 0 Å². The van der Waals surface area contributed by atoms with Crippen LogP contribution >= 0.6 is 0 Å². The van der Waals surface area contributed by atoms with Gasteiger partial charge in [-0.1, -0.05) is 5.92 Å². The molecule has 1 saturated heterocycles. The van der Waals surface area contributed by atoms with Crippen LogP contribution in [0, 0.1) is 18.8 Å². The van der Waals surface area contributed by atoms with Crippen LogP contribution in [0.15, 0.2) is 15.7 Å². The summed E-state index contributed by atoms with van der Waals surface area (Å²) in [6.45, 7) is 2.39. The fourth-order valence-corrected chi connectivity index (χ4v) is 2.42. The Morgan fingerprint density at radius 2 is 2.19 bits per heavy atom. The number of aromatic nitrogens is 2. The van der Waals surface area contributed by atoms with Gasteiger partial charge in [0.05, 0.1) is 6.61 Å². The van der Waals surface area contributed by atoms with Crippen molar-refractivity contribution in [3.05, 3.63) is 32.6 Å². The van der Waals surface area contributed by atoms with Gasteiger partial charge in [-0.3, -0.25) is 14.3 Å². The smallest absolute Gasteiger partial charge is 0.330 e. The number of nitrogens with one attached hydrogen (secondary N) is 1. The average molecular weight is 296 g/mol. The van der Waals surface area contributed by atoms with Crippen LogP contribution in [-0.4, -0.2) is 49.3 Å². The number of ether oxygens (including phenoxy) is 1. The highest BCUT2D eigenvalue weighted by Crippen LogP contribution is 2.37. The van der Waals surface area contributed by atoms with E-state index in [0.29, 0.717) is 0 Å². The van der Waals surface area contributed by atoms with Crippen LogP contribution in [-0.2, 0) is 4.74 Å². The van der Waals surface area contributed by atoms with Crippen LogP contribution in [0.25, 0.3) is 0 Å². The van der Waals surface area contributed by atoms with E-state index in [0.717, 1.165) is 10.6 Å². The van der Waals surface area contributed by atoms with Gasteiger partial charge in [-0.25, -0.2) is 4.79 Å². The maximum atomic E-state index is 12.0. The van der Waals surface area contributed by atoms with E-state index in [1.807, 2.05) is 0 Å². The molecule has 2 unspecified atom stereocenters. The summed E-state index contributed by atoms with van der Waals surface area (Å²) >= 11 is 0. The number of aliphatic hydroxyl groups is 3. The van der Waals surface area contributed by atoms with E-state index in [2.05, 4.69) is 16.8 Å². The number of H-pyrrole nitrogens is 1. The van der Waals surface area contributed by atoms with Gasteiger partial charge < -0.3 is 20.1 Å². The van der Waals surface area contributed by atoms with E-state index in [1.54, 1.807) is 0 Å². The largest absolute Gasteiger partial charge is 0.394 e. The topological polar surface area (TPSA) is 125 Å². The summed E-state index contributed by atoms with van der Waals surface area (Å²) in [5.74, 6) is 4.89. The molecule has 114 valence electrons. The van der Waals surface area contributed by atoms with Gasteiger partial charge >= 0.3 is 5.69 Å². The fourth-order valence-electron chi connectivity index (χ4n) is 2.42. The van der Waals surface area contributed by atoms with E-state index in [-0.39, 0.29) is 5.69 Å². The van der Waals surface area contributed by atoms with Crippen LogP contribution in [0.3, 0.4) is 0 Å². The van der Waals surface area contributed by atoms with Crippen molar-refractivity contribution in [3.63, 3.8) is 0 Å². The van der Waals surface area contributed by atoms with Crippen LogP contribution in [0.4, 0.5) is 0 Å². The fraction of sp³-hybridized carbons (Fsp3) is 0.538. The third-order valence-corrected chi connectivity index (χ3v) is 3.39. The second kappa shape index (κ2) is 5.46. The monoisotopic (exact) mass is 296 g/mol. The van der Waals surface area contributed by atoms with Crippen molar-refractivity contribution in [2.75, 3.05) is 6.61 Å². The number of aromatic amines is 1. The molecule has 0 spiro atoms. The molecule has 1 aliphatic heterocycles. The Hall–Kier alpha value is -1.92. The van der Waals surface area contributed by atoms with Crippen LogP contribution < -0.4 is 11.2 Å². The normalized spacial score (nSPS) is 31.8. The van der Waals surface area contributed by atoms with E-state index < -0.39 is 41.9 Å². The molecule has 2 rings (SSSR count). The highest BCUT2D eigenvalue weighted by Gasteiger charge is 2.56. The predicted octanol–water partition coefficient (Wildman–Crippen LogP) is -2.15. The molecule has 21 heavy (non-hydrogen) atoms. The molecule has 8 heteroatoms. The average Bonchev–Trinajstić information content (AvgIpc) is 2.63. The van der Waals surface area contributed by atoms with E-state index in [1.165, 1.54) is 13.8 Å². The summed E-state index contributed by atoms with van der Waals surface area (Å²) in [4.78, 5) is 25.3. The number of aliphatic hydroxyl groups excluding tert-OH is 2. The Morgan fingerprint density at radius 3 is 2.71 bits per heavy atom. The lowest BCUT2D eigenvalue weighted by atomic mass is 9.94. The summed E-state index contributed by atoms with van der Waals surface area (Å²) in [5.41, 5.74) is -3.23. The first kappa shape index (κ1) is 15.5. The molecule has 0 amide bonds. The van der Waals surface area contributed by atoms with Gasteiger partial charge in [-0.15, -0.1) is 5.92 Å². The summed E-state index contributed by atoms with van der Waals surface area (Å²) in [6, 6.07) is 1.16. The first-order valence-electron chi connectivity index (χ1n) is 6.28. The van der Waals surface area contributed by atoms with Gasteiger partial charge in [0.1, 0.15) is 12.2 Å². The molecule has 0 radical (unpaired) electrons. The first-order valence-corrected chi connectivity index (χ1v) is 6.28. The van der Waals surface area contributed by atoms with Crippen molar-refractivity contribution in [2.45, 2.75) is 37.9 Å². The summed E-state index contributed by atoms with van der Waals surface area (Å²) in [6.07, 6.45) is -3.95. The van der Waals surface area contributed by atoms with Gasteiger partial charge in [0, 0.05) is 11.8 Å². The van der Waals surface area contributed by atoms with Crippen molar-refractivity contribution in [3.8, 4) is 11.8 Å². The molecule has 0 saturated carbocycles. The molecule has 1 aromatic rings. The summed E-state index contributed by atoms with van der Waals surface area (Å²) in [7, 11) is 0. The highest BCUT2D eigenvalue weighted by molar-refractivity contribution is 5.23. The maximum Gasteiger partial charge on any atom is 0.330 e. The number of hydrogen-bond acceptors (Lipinski definition) is 6. The van der Waals surface area contributed by atoms with Gasteiger partial charge in [0.2, 0.25) is 0 Å². The lowest BCUT2D eigenvalue weighted by Gasteiger charge is -2.27. The molecular weight excluding hydrogens is 280 g/mol. The third-order valence-electron chi connectivity index (χ3n) is 3.39. The molecule has 0 aliphatic carbocycles. The molecule has 8 nitrogen and oxygen atoms in total. The molecule has 0 bridgehead atoms. The van der Waals surface area contributed by atoms with Gasteiger partial charge in [0.15, 0.2) is 11.8 Å². The predicted molar refractivity (Wildman–Crippen MR) is 71.5 cm³/mol. The Morgan fingerprint density at radius 1 is 1.52 bits per heavy atom. The molecule has 2 heterocycles. The van der Waals surface area contributed by atoms with Crippen molar-refractivity contribution in [1.82, 2.24) is 9.55 Å². The van der Waals surface area contributed by atoms with Crippen LogP contribution in [0.5, 0.6) is 0 Å². The number of aryl methyl sites for hydroxylation is 1. The molecule has 4 atom stereocenters. The van der Waals surface area contributed by atoms with Crippen LogP contribution in [0.1, 0.15) is 18.8 Å². The molecule has 1 aromatic heterocycles. The lowest BCUT2D eigenvalue weighted by Crippen LogP contribution is -2.48. The quantitative estimate of drug-likeness (QED) is 0.461. The minimum atomic E-state index is -2.07. The standard InChI is InChI=1S/C13H16N2O6/c1-3-4-13(20)10(18)8(6-16)21-11(13)15-7(2)5-9(17)14-12(15)19/h5,8,10-11,16,18,20H,6H2,1-2H3,(H,14,17,19)/t8-,10?,11-,13?/m1/s1. The molecule has 0 aromatic carbocycles. The van der Waals surface area contributed by atoms with Gasteiger partial charge in [-0.05, 0) is 13.8 Å². The van der Waals surface area contributed by atoms with Crippen LogP contribution in [0.2, 0.25) is 0 Å². The first-order chi connectivity index (χ1) is 9.85. The Kier molecular flexibility index (Phi) is 4.02. The maximum absolute atomic E-state index is 12.0. The van der Waals surface area contributed by atoms with Crippen molar-refractivity contribution < 1.29 is 20.1 Å². The van der Waals surface area contributed by atoms with E-state index in [4.69, 9.17) is 4.74 Å². The van der Waals surface area contributed by atoms with Crippen molar-refractivity contribution >= 4 is 0 Å². The number of rotatable bonds is 2. The van der Waals surface area contributed by atoms with E-state index in [9.17, 15) is 24.9 Å². The zero-order chi connectivity index (χ0) is 15.8. The minimum Gasteiger partial charge on any atom is -0.394 e. The second-order valence-corrected chi connectivity index (χ2v) is 4.80. The summed E-state index contributed by atoms with van der Waals surface area (Å²) in [5, 5.41) is 29.9. The molecule has 1 aliphatic rings. The molecular formula is C13H16N2O6. The third kappa shape index (κ3) is 2.41. The zero-order valence-electron chi connectivity index (χ0n) is 11.5. The second-order valence-electron chi connectivity index (χ2n) is 4.80. The Balaban J connectivity index is 2.64. The van der Waals surface area contributed by atoms with Gasteiger partial charge in [0.25, 0.3) is 5.56 Å². The summed E-state index contributed by atoms with van der Waals surface area (Å²) < 4.78 is 6.36. The lowest BCUT2D eigenvalue weighted by molar-refractivity contribution is -0.0775. The van der Waals surface area contributed by atoms with Crippen molar-refractivity contribution in [2.24, 2.45) is 0 Å². The number of nitrogens with zero attached hydrogens (tertiary/aromatic N) is 1. The van der Waals surface area contributed by atoms with E-state index >= 15 is 0 Å². The minimum absolute atomic E-state index is 0.232.